The molecule has 1 rings (SSSR count). The van der Waals surface area contributed by atoms with Gasteiger partial charge in [0.25, 0.3) is 0 Å². The van der Waals surface area contributed by atoms with E-state index < -0.39 is 0 Å². The van der Waals surface area contributed by atoms with E-state index in [0.717, 1.165) is 5.08 Å². The first kappa shape index (κ1) is 16.2. The van der Waals surface area contributed by atoms with E-state index in [1.165, 1.54) is 30.4 Å². The number of hydrogen-bond acceptors (Lipinski definition) is 5. The van der Waals surface area contributed by atoms with Gasteiger partial charge in [-0.15, -0.1) is 23.5 Å². The molecular weight excluding hydrogens is 280 g/mol. The molecule has 1 heterocycles. The van der Waals surface area contributed by atoms with Crippen LogP contribution in [0, 0.1) is 5.92 Å². The molecule has 0 aromatic carbocycles. The van der Waals surface area contributed by atoms with E-state index in [2.05, 4.69) is 0 Å². The van der Waals surface area contributed by atoms with Crippen LogP contribution in [0.1, 0.15) is 32.6 Å². The highest BCUT2D eigenvalue weighted by atomic mass is 32.2. The average Bonchev–Trinajstić information content (AvgIpc) is 2.36. The fraction of sp³-hybridized carbons (Fsp3) is 0.500. The lowest BCUT2D eigenvalue weighted by Gasteiger charge is -2.11. The summed E-state index contributed by atoms with van der Waals surface area (Å²) in [6, 6.07) is 0. The van der Waals surface area contributed by atoms with E-state index in [1.54, 1.807) is 23.0 Å². The number of thioether (sulfide) groups is 2. The Hall–Kier alpha value is -0.810. The van der Waals surface area contributed by atoms with Crippen LogP contribution in [-0.2, 0) is 14.4 Å². The Kier molecular flexibility index (Phi) is 7.82. The second-order valence-corrected chi connectivity index (χ2v) is 6.53. The number of hydrogen-bond donors (Lipinski definition) is 0. The maximum atomic E-state index is 11.6. The van der Waals surface area contributed by atoms with E-state index in [4.69, 9.17) is 0 Å². The minimum Gasteiger partial charge on any atom is -0.300 e. The molecule has 0 fully saturated rings. The van der Waals surface area contributed by atoms with Crippen molar-refractivity contribution < 1.29 is 14.4 Å². The smallest absolute Gasteiger partial charge is 0.156 e. The summed E-state index contributed by atoms with van der Waals surface area (Å²) >= 11 is 3.05. The van der Waals surface area contributed by atoms with E-state index in [-0.39, 0.29) is 23.3 Å². The summed E-state index contributed by atoms with van der Waals surface area (Å²) in [5, 5.41) is 4.34. The normalized spacial score (nSPS) is 23.1. The molecule has 0 spiro atoms. The first-order valence-corrected chi connectivity index (χ1v) is 8.31. The van der Waals surface area contributed by atoms with E-state index >= 15 is 0 Å². The first-order chi connectivity index (χ1) is 9.09. The third-order valence-corrected chi connectivity index (χ3v) is 4.64. The second-order valence-electron chi connectivity index (χ2n) is 4.37. The molecule has 0 radical (unpaired) electrons. The van der Waals surface area contributed by atoms with Crippen LogP contribution < -0.4 is 0 Å². The molecule has 1 aliphatic rings. The van der Waals surface area contributed by atoms with Crippen LogP contribution in [0.4, 0.5) is 0 Å². The lowest BCUT2D eigenvalue weighted by atomic mass is 9.92. The van der Waals surface area contributed by atoms with Gasteiger partial charge in [-0.3, -0.25) is 14.4 Å². The van der Waals surface area contributed by atoms with Crippen molar-refractivity contribution >= 4 is 40.9 Å². The molecule has 0 aromatic rings. The standard InChI is InChI=1S/C14H18O3S2/c1-11(15)12-2-4-13(16)6-8-18-10-19-9-7-14(17)5-3-12/h6-9,12H,2-5,10H2,1H3. The number of rotatable bonds is 1. The van der Waals surface area contributed by atoms with Crippen LogP contribution in [-0.4, -0.2) is 22.4 Å². The van der Waals surface area contributed by atoms with Crippen LogP contribution in [0.15, 0.2) is 23.0 Å². The molecule has 3 nitrogen and oxygen atoms in total. The molecule has 0 aliphatic carbocycles. The molecule has 5 heteroatoms. The molecule has 1 aliphatic heterocycles. The van der Waals surface area contributed by atoms with E-state index in [0.29, 0.717) is 25.7 Å². The maximum Gasteiger partial charge on any atom is 0.156 e. The number of Topliss-reactive ketones (excluding diaryl/α,β-unsaturated/α-hetero) is 1. The monoisotopic (exact) mass is 298 g/mol. The summed E-state index contributed by atoms with van der Waals surface area (Å²) in [5.74, 6) is -0.0345. The highest BCUT2D eigenvalue weighted by Crippen LogP contribution is 2.19. The van der Waals surface area contributed by atoms with Gasteiger partial charge in [0.05, 0.1) is 0 Å². The van der Waals surface area contributed by atoms with Gasteiger partial charge in [0.15, 0.2) is 11.6 Å². The van der Waals surface area contributed by atoms with Gasteiger partial charge in [0.1, 0.15) is 5.78 Å². The zero-order valence-corrected chi connectivity index (χ0v) is 12.6. The lowest BCUT2D eigenvalue weighted by molar-refractivity contribution is -0.121. The van der Waals surface area contributed by atoms with Crippen molar-refractivity contribution in [2.24, 2.45) is 5.92 Å². The summed E-state index contributed by atoms with van der Waals surface area (Å²) in [6.45, 7) is 1.53. The Morgan fingerprint density at radius 1 is 1.05 bits per heavy atom. The average molecular weight is 298 g/mol. The Balaban J connectivity index is 2.65. The molecule has 0 atom stereocenters. The molecular formula is C14H18O3S2. The SMILES string of the molecule is CC(=O)C1CCC(=O)C=CSCSC=CC(=O)CC1. The number of carbonyl (C=O) groups is 3. The Morgan fingerprint density at radius 2 is 1.53 bits per heavy atom. The zero-order valence-electron chi connectivity index (χ0n) is 11.0. The molecule has 0 bridgehead atoms. The van der Waals surface area contributed by atoms with Crippen LogP contribution in [0.2, 0.25) is 0 Å². The molecule has 0 saturated carbocycles. The quantitative estimate of drug-likeness (QED) is 0.743. The van der Waals surface area contributed by atoms with Crippen molar-refractivity contribution in [1.82, 2.24) is 0 Å². The van der Waals surface area contributed by atoms with Crippen molar-refractivity contribution in [3.8, 4) is 0 Å². The fourth-order valence-electron chi connectivity index (χ4n) is 1.72. The molecule has 0 unspecified atom stereocenters. The Bertz CT molecular complexity index is 369. The molecule has 104 valence electrons. The van der Waals surface area contributed by atoms with Gasteiger partial charge < -0.3 is 0 Å². The Morgan fingerprint density at radius 3 is 1.95 bits per heavy atom. The van der Waals surface area contributed by atoms with E-state index in [1.807, 2.05) is 0 Å². The van der Waals surface area contributed by atoms with Gasteiger partial charge in [-0.25, -0.2) is 0 Å². The number of allylic oxidation sites excluding steroid dienone is 2. The second kappa shape index (κ2) is 9.15. The summed E-state index contributed by atoms with van der Waals surface area (Å²) in [4.78, 5) is 34.7. The van der Waals surface area contributed by atoms with Crippen molar-refractivity contribution in [3.05, 3.63) is 23.0 Å². The van der Waals surface area contributed by atoms with Crippen LogP contribution in [0.25, 0.3) is 0 Å². The van der Waals surface area contributed by atoms with Gasteiger partial charge in [-0.2, -0.15) is 0 Å². The number of carbonyl (C=O) groups excluding carboxylic acids is 3. The van der Waals surface area contributed by atoms with Crippen LogP contribution in [0.5, 0.6) is 0 Å². The van der Waals surface area contributed by atoms with Gasteiger partial charge in [0.2, 0.25) is 0 Å². The highest BCUT2D eigenvalue weighted by Gasteiger charge is 2.16. The first-order valence-electron chi connectivity index (χ1n) is 6.22. The predicted molar refractivity (Wildman–Crippen MR) is 81.0 cm³/mol. The predicted octanol–water partition coefficient (Wildman–Crippen LogP) is 3.36. The minimum atomic E-state index is -0.182. The summed E-state index contributed by atoms with van der Waals surface area (Å²) < 4.78 is 0. The van der Waals surface area contributed by atoms with Crippen molar-refractivity contribution in [3.63, 3.8) is 0 Å². The molecule has 0 amide bonds. The topological polar surface area (TPSA) is 51.2 Å². The molecule has 19 heavy (non-hydrogen) atoms. The van der Waals surface area contributed by atoms with Crippen molar-refractivity contribution in [2.75, 3.05) is 5.08 Å². The third-order valence-electron chi connectivity index (χ3n) is 2.89. The van der Waals surface area contributed by atoms with Crippen molar-refractivity contribution in [2.45, 2.75) is 32.6 Å². The van der Waals surface area contributed by atoms with E-state index in [9.17, 15) is 14.4 Å². The van der Waals surface area contributed by atoms with Gasteiger partial charge in [0, 0.05) is 23.8 Å². The van der Waals surface area contributed by atoms with Gasteiger partial charge >= 0.3 is 0 Å². The number of ketones is 3. The minimum absolute atomic E-state index is 0.0441. The Labute approximate surface area is 122 Å². The molecule has 0 saturated heterocycles. The molecule has 0 N–H and O–H groups in total. The molecule has 0 aromatic heterocycles. The lowest BCUT2D eigenvalue weighted by Crippen LogP contribution is -2.14. The van der Waals surface area contributed by atoms with Crippen LogP contribution >= 0.6 is 23.5 Å². The highest BCUT2D eigenvalue weighted by molar-refractivity contribution is 8.18. The van der Waals surface area contributed by atoms with Crippen LogP contribution in [0.3, 0.4) is 0 Å². The maximum absolute atomic E-state index is 11.6. The zero-order chi connectivity index (χ0) is 14.1. The summed E-state index contributed by atoms with van der Waals surface area (Å²) in [6.07, 6.45) is 4.97. The van der Waals surface area contributed by atoms with Gasteiger partial charge in [-0.05, 0) is 42.7 Å². The largest absolute Gasteiger partial charge is 0.300 e. The third kappa shape index (κ3) is 7.38. The fourth-order valence-corrected chi connectivity index (χ4v) is 3.16. The van der Waals surface area contributed by atoms with Gasteiger partial charge in [-0.1, -0.05) is 0 Å². The summed E-state index contributed by atoms with van der Waals surface area (Å²) in [7, 11) is 0. The summed E-state index contributed by atoms with van der Waals surface area (Å²) in [5.41, 5.74) is 0. The van der Waals surface area contributed by atoms with Crippen molar-refractivity contribution in [1.29, 1.82) is 0 Å².